The molecule has 1 N–H and O–H groups in total. The van der Waals surface area contributed by atoms with Gasteiger partial charge in [-0.05, 0) is 49.4 Å². The van der Waals surface area contributed by atoms with E-state index in [4.69, 9.17) is 9.72 Å². The topological polar surface area (TPSA) is 77.2 Å². The molecule has 1 aromatic carbocycles. The first-order valence-corrected chi connectivity index (χ1v) is 10.5. The van der Waals surface area contributed by atoms with Gasteiger partial charge >= 0.3 is 0 Å². The van der Waals surface area contributed by atoms with Gasteiger partial charge in [-0.2, -0.15) is 0 Å². The van der Waals surface area contributed by atoms with Crippen molar-refractivity contribution in [2.24, 2.45) is 5.92 Å². The maximum absolute atomic E-state index is 5.92. The van der Waals surface area contributed by atoms with E-state index >= 15 is 0 Å². The van der Waals surface area contributed by atoms with E-state index in [1.165, 1.54) is 18.4 Å². The minimum atomic E-state index is 0.423. The predicted octanol–water partition coefficient (Wildman–Crippen LogP) is 3.93. The number of rotatable bonds is 7. The fourth-order valence-electron chi connectivity index (χ4n) is 3.56. The van der Waals surface area contributed by atoms with Gasteiger partial charge in [0.25, 0.3) is 0 Å². The zero-order valence-corrected chi connectivity index (χ0v) is 17.6. The van der Waals surface area contributed by atoms with Crippen LogP contribution in [-0.4, -0.2) is 37.2 Å². The molecule has 4 aromatic rings. The van der Waals surface area contributed by atoms with Crippen molar-refractivity contribution < 1.29 is 4.74 Å². The van der Waals surface area contributed by atoms with E-state index in [1.807, 2.05) is 19.2 Å². The number of hydrogen-bond acceptors (Lipinski definition) is 6. The standard InChI is InChI=1S/C23H26N6O/c1-14(2)25-10-17-6-7-20-21(8-17)29-22(15(3)26-20)27-28-23(29)18-9-19(12-24-11-18)30-13-16-4-5-16/h6-9,11-12,14,16,25H,4-5,10,13H2,1-3H3. The van der Waals surface area contributed by atoms with Gasteiger partial charge in [0.1, 0.15) is 5.75 Å². The van der Waals surface area contributed by atoms with Crippen LogP contribution in [0.15, 0.2) is 36.7 Å². The van der Waals surface area contributed by atoms with E-state index in [0.717, 1.165) is 52.7 Å². The van der Waals surface area contributed by atoms with Gasteiger partial charge in [-0.25, -0.2) is 4.98 Å². The highest BCUT2D eigenvalue weighted by Crippen LogP contribution is 2.31. The predicted molar refractivity (Wildman–Crippen MR) is 116 cm³/mol. The third-order valence-corrected chi connectivity index (χ3v) is 5.42. The SMILES string of the molecule is Cc1nc2ccc(CNC(C)C)cc2n2c(-c3cncc(OCC4CC4)c3)nnc12. The summed E-state index contributed by atoms with van der Waals surface area (Å²) in [7, 11) is 0. The molecule has 0 atom stereocenters. The van der Waals surface area contributed by atoms with Gasteiger partial charge in [-0.15, -0.1) is 10.2 Å². The molecular formula is C23H26N6O. The number of aryl methyl sites for hydroxylation is 1. The van der Waals surface area contributed by atoms with Crippen LogP contribution < -0.4 is 10.1 Å². The number of benzene rings is 1. The molecule has 0 unspecified atom stereocenters. The number of nitrogens with one attached hydrogen (secondary N) is 1. The van der Waals surface area contributed by atoms with Crippen molar-refractivity contribution in [1.29, 1.82) is 0 Å². The molecule has 0 aliphatic heterocycles. The molecule has 1 aliphatic carbocycles. The van der Waals surface area contributed by atoms with Crippen molar-refractivity contribution in [2.75, 3.05) is 6.61 Å². The fraction of sp³-hybridized carbons (Fsp3) is 0.391. The molecule has 3 heterocycles. The Bertz CT molecular complexity index is 1210. The monoisotopic (exact) mass is 402 g/mol. The lowest BCUT2D eigenvalue weighted by Crippen LogP contribution is -2.21. The zero-order chi connectivity index (χ0) is 20.7. The molecule has 0 bridgehead atoms. The smallest absolute Gasteiger partial charge is 0.183 e. The lowest BCUT2D eigenvalue weighted by molar-refractivity contribution is 0.299. The van der Waals surface area contributed by atoms with Crippen LogP contribution >= 0.6 is 0 Å². The Labute approximate surface area is 175 Å². The van der Waals surface area contributed by atoms with E-state index in [0.29, 0.717) is 12.0 Å². The van der Waals surface area contributed by atoms with Crippen LogP contribution in [-0.2, 0) is 6.54 Å². The summed E-state index contributed by atoms with van der Waals surface area (Å²) in [6.07, 6.45) is 6.09. The average molecular weight is 403 g/mol. The van der Waals surface area contributed by atoms with Gasteiger partial charge in [0, 0.05) is 24.3 Å². The molecule has 7 heteroatoms. The van der Waals surface area contributed by atoms with Crippen molar-refractivity contribution in [3.8, 4) is 17.1 Å². The van der Waals surface area contributed by atoms with Crippen LogP contribution in [0.25, 0.3) is 28.1 Å². The molecule has 30 heavy (non-hydrogen) atoms. The van der Waals surface area contributed by atoms with Crippen molar-refractivity contribution in [3.05, 3.63) is 47.9 Å². The quantitative estimate of drug-likeness (QED) is 0.505. The van der Waals surface area contributed by atoms with Gasteiger partial charge in [-0.3, -0.25) is 9.38 Å². The molecule has 5 rings (SSSR count). The van der Waals surface area contributed by atoms with Gasteiger partial charge in [0.05, 0.1) is 29.5 Å². The highest BCUT2D eigenvalue weighted by Gasteiger charge is 2.22. The normalized spacial score (nSPS) is 14.1. The van der Waals surface area contributed by atoms with Crippen LogP contribution in [0, 0.1) is 12.8 Å². The van der Waals surface area contributed by atoms with Crippen molar-refractivity contribution in [3.63, 3.8) is 0 Å². The first kappa shape index (κ1) is 18.9. The summed E-state index contributed by atoms with van der Waals surface area (Å²) in [5.74, 6) is 2.21. The summed E-state index contributed by atoms with van der Waals surface area (Å²) >= 11 is 0. The molecule has 154 valence electrons. The highest BCUT2D eigenvalue weighted by atomic mass is 16.5. The van der Waals surface area contributed by atoms with Crippen LogP contribution in [0.1, 0.15) is 37.9 Å². The minimum Gasteiger partial charge on any atom is -0.492 e. The molecule has 1 aliphatic rings. The molecule has 0 amide bonds. The van der Waals surface area contributed by atoms with E-state index in [1.54, 1.807) is 6.20 Å². The number of ether oxygens (including phenoxy) is 1. The Morgan fingerprint density at radius 1 is 1.17 bits per heavy atom. The Balaban J connectivity index is 1.60. The van der Waals surface area contributed by atoms with Crippen molar-refractivity contribution in [1.82, 2.24) is 29.9 Å². The Hall–Kier alpha value is -3.06. The average Bonchev–Trinajstić information content (AvgIpc) is 3.46. The highest BCUT2D eigenvalue weighted by molar-refractivity contribution is 5.81. The number of hydrogen-bond donors (Lipinski definition) is 1. The van der Waals surface area contributed by atoms with Crippen molar-refractivity contribution >= 4 is 16.7 Å². The van der Waals surface area contributed by atoms with E-state index in [-0.39, 0.29) is 0 Å². The Morgan fingerprint density at radius 3 is 2.83 bits per heavy atom. The second kappa shape index (κ2) is 7.65. The molecule has 1 saturated carbocycles. The summed E-state index contributed by atoms with van der Waals surface area (Å²) < 4.78 is 8.01. The van der Waals surface area contributed by atoms with Crippen LogP contribution in [0.2, 0.25) is 0 Å². The second-order valence-electron chi connectivity index (χ2n) is 8.40. The number of pyridine rings is 1. The number of fused-ring (bicyclic) bond motifs is 3. The van der Waals surface area contributed by atoms with Gasteiger partial charge in [0.2, 0.25) is 0 Å². The zero-order valence-electron chi connectivity index (χ0n) is 17.6. The molecule has 0 radical (unpaired) electrons. The number of aromatic nitrogens is 5. The lowest BCUT2D eigenvalue weighted by atomic mass is 10.1. The molecule has 0 spiro atoms. The van der Waals surface area contributed by atoms with Crippen LogP contribution in [0.3, 0.4) is 0 Å². The molecule has 3 aromatic heterocycles. The van der Waals surface area contributed by atoms with E-state index < -0.39 is 0 Å². The largest absolute Gasteiger partial charge is 0.492 e. The summed E-state index contributed by atoms with van der Waals surface area (Å²) in [6, 6.07) is 8.77. The molecule has 1 fully saturated rings. The summed E-state index contributed by atoms with van der Waals surface area (Å²) in [6.45, 7) is 7.81. The summed E-state index contributed by atoms with van der Waals surface area (Å²) in [4.78, 5) is 9.12. The van der Waals surface area contributed by atoms with E-state index in [9.17, 15) is 0 Å². The lowest BCUT2D eigenvalue weighted by Gasteiger charge is -2.11. The Kier molecular flexibility index (Phi) is 4.83. The fourth-order valence-corrected chi connectivity index (χ4v) is 3.56. The maximum Gasteiger partial charge on any atom is 0.183 e. The Morgan fingerprint density at radius 2 is 2.03 bits per heavy atom. The maximum atomic E-state index is 5.92. The number of nitrogens with zero attached hydrogens (tertiary/aromatic N) is 5. The third kappa shape index (κ3) is 3.73. The molecule has 0 saturated heterocycles. The second-order valence-corrected chi connectivity index (χ2v) is 8.40. The molecular weight excluding hydrogens is 376 g/mol. The first-order chi connectivity index (χ1) is 14.6. The first-order valence-electron chi connectivity index (χ1n) is 10.5. The minimum absolute atomic E-state index is 0.423. The summed E-state index contributed by atoms with van der Waals surface area (Å²) in [5.41, 5.74) is 5.60. The van der Waals surface area contributed by atoms with Crippen LogP contribution in [0.5, 0.6) is 5.75 Å². The molecule has 7 nitrogen and oxygen atoms in total. The van der Waals surface area contributed by atoms with E-state index in [2.05, 4.69) is 56.9 Å². The third-order valence-electron chi connectivity index (χ3n) is 5.42. The van der Waals surface area contributed by atoms with Gasteiger partial charge in [-0.1, -0.05) is 19.9 Å². The van der Waals surface area contributed by atoms with Gasteiger partial charge < -0.3 is 10.1 Å². The van der Waals surface area contributed by atoms with Crippen molar-refractivity contribution in [2.45, 2.75) is 46.2 Å². The van der Waals surface area contributed by atoms with Crippen LogP contribution in [0.4, 0.5) is 0 Å². The van der Waals surface area contributed by atoms with Gasteiger partial charge in [0.15, 0.2) is 11.5 Å². The summed E-state index contributed by atoms with van der Waals surface area (Å²) in [5, 5.41) is 12.4.